The maximum absolute atomic E-state index is 13.1. The summed E-state index contributed by atoms with van der Waals surface area (Å²) in [6, 6.07) is 11.1. The fourth-order valence-electron chi connectivity index (χ4n) is 3.66. The van der Waals surface area contributed by atoms with Crippen molar-refractivity contribution in [1.29, 1.82) is 5.26 Å². The van der Waals surface area contributed by atoms with Gasteiger partial charge in [0.2, 0.25) is 0 Å². The van der Waals surface area contributed by atoms with Gasteiger partial charge in [0.05, 0.1) is 36.1 Å². The minimum Gasteiger partial charge on any atom is -0.496 e. The number of hydrogen-bond donors (Lipinski definition) is 2. The van der Waals surface area contributed by atoms with Crippen LogP contribution in [0.5, 0.6) is 5.75 Å². The lowest BCUT2D eigenvalue weighted by Crippen LogP contribution is -2.54. The molecule has 0 bridgehead atoms. The van der Waals surface area contributed by atoms with Gasteiger partial charge in [-0.2, -0.15) is 5.26 Å². The van der Waals surface area contributed by atoms with Crippen LogP contribution in [0.1, 0.15) is 27.9 Å². The molecule has 1 heterocycles. The SMILES string of the molecule is COc1cc(N)c(C#N)cc1C(=O)NC1CCN(Cc2ccc(F)cc2)CC1OC. The average molecular weight is 412 g/mol. The van der Waals surface area contributed by atoms with Crippen molar-refractivity contribution in [3.63, 3.8) is 0 Å². The molecule has 30 heavy (non-hydrogen) atoms. The quantitative estimate of drug-likeness (QED) is 0.706. The van der Waals surface area contributed by atoms with Crippen LogP contribution in [0.15, 0.2) is 36.4 Å². The van der Waals surface area contributed by atoms with Crippen LogP contribution in [0, 0.1) is 17.1 Å². The number of carbonyl (C=O) groups is 1. The molecule has 2 atom stereocenters. The van der Waals surface area contributed by atoms with E-state index >= 15 is 0 Å². The zero-order chi connectivity index (χ0) is 21.7. The third-order valence-corrected chi connectivity index (χ3v) is 5.32. The van der Waals surface area contributed by atoms with Gasteiger partial charge >= 0.3 is 0 Å². The molecule has 0 aliphatic carbocycles. The van der Waals surface area contributed by atoms with Crippen LogP contribution in [0.4, 0.5) is 10.1 Å². The molecule has 0 aromatic heterocycles. The summed E-state index contributed by atoms with van der Waals surface area (Å²) < 4.78 is 24.0. The van der Waals surface area contributed by atoms with Crippen molar-refractivity contribution < 1.29 is 18.7 Å². The Kier molecular flexibility index (Phi) is 6.87. The van der Waals surface area contributed by atoms with Gasteiger partial charge < -0.3 is 20.5 Å². The number of nitrogens with zero attached hydrogens (tertiary/aromatic N) is 2. The van der Waals surface area contributed by atoms with E-state index in [2.05, 4.69) is 10.2 Å². The molecule has 1 amide bonds. The van der Waals surface area contributed by atoms with E-state index in [-0.39, 0.29) is 40.7 Å². The largest absolute Gasteiger partial charge is 0.496 e. The number of ether oxygens (including phenoxy) is 2. The molecule has 2 aromatic rings. The molecule has 0 spiro atoms. The van der Waals surface area contributed by atoms with Crippen LogP contribution in [-0.2, 0) is 11.3 Å². The highest BCUT2D eigenvalue weighted by atomic mass is 19.1. The number of methoxy groups -OCH3 is 2. The second-order valence-corrected chi connectivity index (χ2v) is 7.26. The number of halogens is 1. The van der Waals surface area contributed by atoms with Crippen LogP contribution in [0.3, 0.4) is 0 Å². The van der Waals surface area contributed by atoms with E-state index in [9.17, 15) is 14.4 Å². The van der Waals surface area contributed by atoms with Crippen LogP contribution in [0.25, 0.3) is 0 Å². The molecule has 1 saturated heterocycles. The summed E-state index contributed by atoms with van der Waals surface area (Å²) in [5.74, 6) is -0.290. The fraction of sp³-hybridized carbons (Fsp3) is 0.364. The molecule has 2 unspecified atom stereocenters. The van der Waals surface area contributed by atoms with Crippen LogP contribution in [0.2, 0.25) is 0 Å². The van der Waals surface area contributed by atoms with E-state index in [1.54, 1.807) is 19.2 Å². The molecule has 0 radical (unpaired) electrons. The number of nitrogens with one attached hydrogen (secondary N) is 1. The smallest absolute Gasteiger partial charge is 0.255 e. The molecule has 1 fully saturated rings. The second-order valence-electron chi connectivity index (χ2n) is 7.26. The van der Waals surface area contributed by atoms with Gasteiger partial charge in [-0.1, -0.05) is 12.1 Å². The number of benzene rings is 2. The number of nitrogen functional groups attached to an aromatic ring is 1. The first-order valence-electron chi connectivity index (χ1n) is 9.63. The Balaban J connectivity index is 1.68. The topological polar surface area (TPSA) is 101 Å². The first kappa shape index (κ1) is 21.6. The summed E-state index contributed by atoms with van der Waals surface area (Å²) in [6.07, 6.45) is 0.478. The number of rotatable bonds is 6. The van der Waals surface area contributed by atoms with E-state index < -0.39 is 0 Å². The predicted octanol–water partition coefficient (Wildman–Crippen LogP) is 2.31. The van der Waals surface area contributed by atoms with Gasteiger partial charge in [0.1, 0.15) is 17.6 Å². The number of nitrogens with two attached hydrogens (primary N) is 1. The maximum Gasteiger partial charge on any atom is 0.255 e. The van der Waals surface area contributed by atoms with Crippen LogP contribution < -0.4 is 15.8 Å². The highest BCUT2D eigenvalue weighted by Crippen LogP contribution is 2.26. The Morgan fingerprint density at radius 3 is 2.70 bits per heavy atom. The first-order chi connectivity index (χ1) is 14.4. The van der Waals surface area contributed by atoms with Gasteiger partial charge in [0, 0.05) is 32.8 Å². The van der Waals surface area contributed by atoms with Crippen LogP contribution >= 0.6 is 0 Å². The summed E-state index contributed by atoms with van der Waals surface area (Å²) in [7, 11) is 3.06. The number of hydrogen-bond acceptors (Lipinski definition) is 6. The molecule has 7 nitrogen and oxygen atoms in total. The van der Waals surface area contributed by atoms with Crippen molar-refractivity contribution in [2.45, 2.75) is 25.1 Å². The summed E-state index contributed by atoms with van der Waals surface area (Å²) in [6.45, 7) is 2.06. The minimum atomic E-state index is -0.345. The third kappa shape index (κ3) is 4.87. The molecular formula is C22H25FN4O3. The van der Waals surface area contributed by atoms with Gasteiger partial charge in [-0.3, -0.25) is 9.69 Å². The summed E-state index contributed by atoms with van der Waals surface area (Å²) in [5.41, 5.74) is 7.56. The van der Waals surface area contributed by atoms with E-state index in [1.165, 1.54) is 31.4 Å². The Hall–Kier alpha value is -3.15. The Bertz CT molecular complexity index is 943. The molecular weight excluding hydrogens is 387 g/mol. The van der Waals surface area contributed by atoms with Crippen molar-refractivity contribution in [2.24, 2.45) is 0 Å². The van der Waals surface area contributed by atoms with Gasteiger partial charge in [-0.05, 0) is 30.2 Å². The standard InChI is InChI=1S/C22H25FN4O3/c1-29-20-10-18(25)15(11-24)9-17(20)22(28)26-19-7-8-27(13-21(19)30-2)12-14-3-5-16(23)6-4-14/h3-6,9-10,19,21H,7-8,12-13,25H2,1-2H3,(H,26,28). The van der Waals surface area contributed by atoms with Gasteiger partial charge in [-0.15, -0.1) is 0 Å². The van der Waals surface area contributed by atoms with Gasteiger partial charge in [0.25, 0.3) is 5.91 Å². The summed E-state index contributed by atoms with van der Waals surface area (Å²) >= 11 is 0. The van der Waals surface area contributed by atoms with Crippen molar-refractivity contribution in [3.8, 4) is 11.8 Å². The van der Waals surface area contributed by atoms with Crippen molar-refractivity contribution in [2.75, 3.05) is 33.0 Å². The molecule has 0 saturated carbocycles. The summed E-state index contributed by atoms with van der Waals surface area (Å²) in [4.78, 5) is 15.1. The molecule has 1 aliphatic heterocycles. The molecule has 3 N–H and O–H groups in total. The minimum absolute atomic E-state index is 0.195. The normalized spacial score (nSPS) is 19.1. The Morgan fingerprint density at radius 2 is 2.07 bits per heavy atom. The lowest BCUT2D eigenvalue weighted by atomic mass is 9.99. The third-order valence-electron chi connectivity index (χ3n) is 5.32. The van der Waals surface area contributed by atoms with Crippen LogP contribution in [-0.4, -0.2) is 50.3 Å². The Labute approximate surface area is 175 Å². The second kappa shape index (κ2) is 9.57. The Morgan fingerprint density at radius 1 is 1.33 bits per heavy atom. The lowest BCUT2D eigenvalue weighted by molar-refractivity contribution is 0.00387. The van der Waals surface area contributed by atoms with E-state index in [1.807, 2.05) is 6.07 Å². The number of carbonyl (C=O) groups excluding carboxylic acids is 1. The number of likely N-dealkylation sites (tertiary alicyclic amines) is 1. The van der Waals surface area contributed by atoms with Crippen molar-refractivity contribution >= 4 is 11.6 Å². The molecule has 8 heteroatoms. The number of piperidine rings is 1. The maximum atomic E-state index is 13.1. The number of anilines is 1. The first-order valence-corrected chi connectivity index (χ1v) is 9.63. The van der Waals surface area contributed by atoms with Gasteiger partial charge in [-0.25, -0.2) is 4.39 Å². The van der Waals surface area contributed by atoms with Gasteiger partial charge in [0.15, 0.2) is 0 Å². The van der Waals surface area contributed by atoms with Crippen molar-refractivity contribution in [1.82, 2.24) is 10.2 Å². The predicted molar refractivity (Wildman–Crippen MR) is 110 cm³/mol. The summed E-state index contributed by atoms with van der Waals surface area (Å²) in [5, 5.41) is 12.2. The van der Waals surface area contributed by atoms with E-state index in [0.717, 1.165) is 12.1 Å². The van der Waals surface area contributed by atoms with Crippen molar-refractivity contribution in [3.05, 3.63) is 58.9 Å². The lowest BCUT2D eigenvalue weighted by Gasteiger charge is -2.38. The molecule has 2 aromatic carbocycles. The molecule has 3 rings (SSSR count). The average Bonchev–Trinajstić information content (AvgIpc) is 2.75. The van der Waals surface area contributed by atoms with E-state index in [0.29, 0.717) is 25.3 Å². The molecule has 1 aliphatic rings. The zero-order valence-electron chi connectivity index (χ0n) is 17.0. The zero-order valence-corrected chi connectivity index (χ0v) is 17.0. The molecule has 158 valence electrons. The number of nitriles is 1. The van der Waals surface area contributed by atoms with E-state index in [4.69, 9.17) is 15.2 Å². The highest BCUT2D eigenvalue weighted by Gasteiger charge is 2.31. The highest BCUT2D eigenvalue weighted by molar-refractivity contribution is 5.98. The number of amides is 1. The fourth-order valence-corrected chi connectivity index (χ4v) is 3.66. The monoisotopic (exact) mass is 412 g/mol.